The number of anilines is 1. The fourth-order valence-corrected chi connectivity index (χ4v) is 2.89. The highest BCUT2D eigenvalue weighted by Crippen LogP contribution is 2.23. The Bertz CT molecular complexity index is 507. The SMILES string of the molecule is C[C@@H](N)c1ccc(N(C)Cc2csc(Br)c2)cn1. The minimum Gasteiger partial charge on any atom is -0.369 e. The Morgan fingerprint density at radius 3 is 2.78 bits per heavy atom. The molecule has 3 nitrogen and oxygen atoms in total. The highest BCUT2D eigenvalue weighted by molar-refractivity contribution is 9.11. The zero-order valence-corrected chi connectivity index (χ0v) is 12.8. The average molecular weight is 326 g/mol. The number of rotatable bonds is 4. The van der Waals surface area contributed by atoms with Gasteiger partial charge in [0.15, 0.2) is 0 Å². The molecule has 2 N–H and O–H groups in total. The number of hydrogen-bond donors (Lipinski definition) is 1. The van der Waals surface area contributed by atoms with Crippen LogP contribution in [0.3, 0.4) is 0 Å². The van der Waals surface area contributed by atoms with Crippen molar-refractivity contribution in [3.05, 3.63) is 44.8 Å². The quantitative estimate of drug-likeness (QED) is 0.934. The molecule has 2 aromatic rings. The molecule has 96 valence electrons. The zero-order valence-electron chi connectivity index (χ0n) is 10.4. The summed E-state index contributed by atoms with van der Waals surface area (Å²) in [5.41, 5.74) is 9.10. The molecule has 0 saturated heterocycles. The van der Waals surface area contributed by atoms with Crippen LogP contribution in [0.4, 0.5) is 5.69 Å². The molecule has 5 heteroatoms. The summed E-state index contributed by atoms with van der Waals surface area (Å²) in [4.78, 5) is 6.55. The van der Waals surface area contributed by atoms with E-state index in [1.54, 1.807) is 11.3 Å². The van der Waals surface area contributed by atoms with Crippen LogP contribution in [-0.4, -0.2) is 12.0 Å². The number of thiophene rings is 1. The number of nitrogens with two attached hydrogens (primary N) is 1. The first-order valence-corrected chi connectivity index (χ1v) is 7.39. The molecule has 0 radical (unpaired) electrons. The third kappa shape index (κ3) is 3.31. The van der Waals surface area contributed by atoms with Crippen LogP contribution in [0, 0.1) is 0 Å². The highest BCUT2D eigenvalue weighted by Gasteiger charge is 2.06. The molecule has 0 fully saturated rings. The molecule has 2 heterocycles. The second-order valence-electron chi connectivity index (χ2n) is 4.35. The first-order valence-electron chi connectivity index (χ1n) is 5.72. The second-order valence-corrected chi connectivity index (χ2v) is 6.64. The van der Waals surface area contributed by atoms with Crippen LogP contribution in [0.15, 0.2) is 33.6 Å². The number of hydrogen-bond acceptors (Lipinski definition) is 4. The Hall–Kier alpha value is -0.910. The standard InChI is InChI=1S/C13H16BrN3S/c1-9(15)12-4-3-11(6-16-12)17(2)7-10-5-13(14)18-8-10/h3-6,8-9H,7,15H2,1-2H3/t9-/m1/s1. The summed E-state index contributed by atoms with van der Waals surface area (Å²) in [6.45, 7) is 2.82. The highest BCUT2D eigenvalue weighted by atomic mass is 79.9. The van der Waals surface area contributed by atoms with E-state index >= 15 is 0 Å². The molecule has 0 unspecified atom stereocenters. The molecule has 0 bridgehead atoms. The lowest BCUT2D eigenvalue weighted by Gasteiger charge is -2.18. The normalized spacial score (nSPS) is 12.4. The van der Waals surface area contributed by atoms with Gasteiger partial charge in [-0.15, -0.1) is 11.3 Å². The van der Waals surface area contributed by atoms with Crippen molar-refractivity contribution in [1.82, 2.24) is 4.98 Å². The van der Waals surface area contributed by atoms with Crippen LogP contribution < -0.4 is 10.6 Å². The molecule has 0 aliphatic rings. The topological polar surface area (TPSA) is 42.1 Å². The fraction of sp³-hybridized carbons (Fsp3) is 0.308. The summed E-state index contributed by atoms with van der Waals surface area (Å²) in [6.07, 6.45) is 1.88. The van der Waals surface area contributed by atoms with E-state index in [0.717, 1.165) is 21.7 Å². The first kappa shape index (κ1) is 13.5. The number of pyridine rings is 1. The van der Waals surface area contributed by atoms with Gasteiger partial charge in [0.05, 0.1) is 21.4 Å². The van der Waals surface area contributed by atoms with Gasteiger partial charge in [0.1, 0.15) is 0 Å². The molecule has 0 amide bonds. The molecule has 0 aliphatic heterocycles. The number of halogens is 1. The van der Waals surface area contributed by atoms with Crippen molar-refractivity contribution in [1.29, 1.82) is 0 Å². The van der Waals surface area contributed by atoms with Crippen molar-refractivity contribution >= 4 is 33.0 Å². The molecule has 0 aliphatic carbocycles. The molecular formula is C13H16BrN3S. The van der Waals surface area contributed by atoms with Gasteiger partial charge in [-0.1, -0.05) is 0 Å². The Labute approximate surface area is 120 Å². The van der Waals surface area contributed by atoms with Crippen molar-refractivity contribution in [3.8, 4) is 0 Å². The van der Waals surface area contributed by atoms with Gasteiger partial charge in [0, 0.05) is 19.6 Å². The van der Waals surface area contributed by atoms with Gasteiger partial charge in [-0.2, -0.15) is 0 Å². The van der Waals surface area contributed by atoms with Crippen molar-refractivity contribution in [3.63, 3.8) is 0 Å². The summed E-state index contributed by atoms with van der Waals surface area (Å²) >= 11 is 5.18. The van der Waals surface area contributed by atoms with Crippen LogP contribution in [-0.2, 0) is 6.54 Å². The Morgan fingerprint density at radius 2 is 2.28 bits per heavy atom. The molecule has 2 rings (SSSR count). The van der Waals surface area contributed by atoms with Crippen LogP contribution in [0.25, 0.3) is 0 Å². The summed E-state index contributed by atoms with van der Waals surface area (Å²) in [5.74, 6) is 0. The summed E-state index contributed by atoms with van der Waals surface area (Å²) in [5, 5.41) is 2.16. The minimum atomic E-state index is -0.0165. The lowest BCUT2D eigenvalue weighted by atomic mass is 10.2. The summed E-state index contributed by atoms with van der Waals surface area (Å²) in [7, 11) is 2.06. The maximum atomic E-state index is 5.79. The average Bonchev–Trinajstić information content (AvgIpc) is 2.75. The molecule has 2 aromatic heterocycles. The van der Waals surface area contributed by atoms with E-state index in [2.05, 4.69) is 50.4 Å². The Kier molecular flexibility index (Phi) is 4.37. The molecule has 0 spiro atoms. The van der Waals surface area contributed by atoms with E-state index in [-0.39, 0.29) is 6.04 Å². The van der Waals surface area contributed by atoms with Gasteiger partial charge >= 0.3 is 0 Å². The second kappa shape index (κ2) is 5.82. The zero-order chi connectivity index (χ0) is 13.1. The molecule has 18 heavy (non-hydrogen) atoms. The molecule has 0 saturated carbocycles. The number of nitrogens with zero attached hydrogens (tertiary/aromatic N) is 2. The third-order valence-electron chi connectivity index (χ3n) is 2.72. The van der Waals surface area contributed by atoms with Crippen molar-refractivity contribution < 1.29 is 0 Å². The molecule has 0 aromatic carbocycles. The monoisotopic (exact) mass is 325 g/mol. The van der Waals surface area contributed by atoms with Gasteiger partial charge in [-0.05, 0) is 52.0 Å². The van der Waals surface area contributed by atoms with Crippen LogP contribution in [0.1, 0.15) is 24.2 Å². The van der Waals surface area contributed by atoms with E-state index < -0.39 is 0 Å². The molecular weight excluding hydrogens is 310 g/mol. The van der Waals surface area contributed by atoms with Gasteiger partial charge in [-0.3, -0.25) is 4.98 Å². The van der Waals surface area contributed by atoms with E-state index in [1.165, 1.54) is 5.56 Å². The van der Waals surface area contributed by atoms with Crippen molar-refractivity contribution in [2.75, 3.05) is 11.9 Å². The van der Waals surface area contributed by atoms with Crippen molar-refractivity contribution in [2.24, 2.45) is 5.73 Å². The summed E-state index contributed by atoms with van der Waals surface area (Å²) < 4.78 is 1.16. The Balaban J connectivity index is 2.06. The maximum absolute atomic E-state index is 5.79. The first-order chi connectivity index (χ1) is 8.56. The van der Waals surface area contributed by atoms with E-state index in [4.69, 9.17) is 5.73 Å². The predicted molar refractivity (Wildman–Crippen MR) is 81.0 cm³/mol. The van der Waals surface area contributed by atoms with Crippen LogP contribution in [0.2, 0.25) is 0 Å². The Morgan fingerprint density at radius 1 is 1.50 bits per heavy atom. The minimum absolute atomic E-state index is 0.0165. The van der Waals surface area contributed by atoms with Crippen molar-refractivity contribution in [2.45, 2.75) is 19.5 Å². The fourth-order valence-electron chi connectivity index (χ4n) is 1.69. The largest absolute Gasteiger partial charge is 0.369 e. The van der Waals surface area contributed by atoms with E-state index in [9.17, 15) is 0 Å². The lowest BCUT2D eigenvalue weighted by Crippen LogP contribution is -2.16. The smallest absolute Gasteiger partial charge is 0.0701 e. The maximum Gasteiger partial charge on any atom is 0.0701 e. The van der Waals surface area contributed by atoms with Gasteiger partial charge in [0.2, 0.25) is 0 Å². The lowest BCUT2D eigenvalue weighted by molar-refractivity contribution is 0.779. The van der Waals surface area contributed by atoms with Gasteiger partial charge in [-0.25, -0.2) is 0 Å². The molecule has 1 atom stereocenters. The van der Waals surface area contributed by atoms with Crippen LogP contribution in [0.5, 0.6) is 0 Å². The van der Waals surface area contributed by atoms with Gasteiger partial charge in [0.25, 0.3) is 0 Å². The third-order valence-corrected chi connectivity index (χ3v) is 4.27. The number of aromatic nitrogens is 1. The van der Waals surface area contributed by atoms with Crippen LogP contribution >= 0.6 is 27.3 Å². The summed E-state index contributed by atoms with van der Waals surface area (Å²) in [6, 6.07) is 6.18. The van der Waals surface area contributed by atoms with E-state index in [1.807, 2.05) is 19.2 Å². The van der Waals surface area contributed by atoms with Gasteiger partial charge < -0.3 is 10.6 Å². The predicted octanol–water partition coefficient (Wildman–Crippen LogP) is 3.56. The van der Waals surface area contributed by atoms with E-state index in [0.29, 0.717) is 0 Å².